The maximum absolute atomic E-state index is 3.96. The second-order valence-electron chi connectivity index (χ2n) is 3.23. The third kappa shape index (κ3) is 1.78. The zero-order chi connectivity index (χ0) is 9.10. The summed E-state index contributed by atoms with van der Waals surface area (Å²) < 4.78 is 0. The Balaban J connectivity index is 2.37. The lowest BCUT2D eigenvalue weighted by molar-refractivity contribution is 1.28. The van der Waals surface area contributed by atoms with Gasteiger partial charge in [-0.3, -0.25) is 0 Å². The Morgan fingerprint density at radius 2 is 1.85 bits per heavy atom. The number of benzene rings is 1. The van der Waals surface area contributed by atoms with Crippen molar-refractivity contribution in [3.63, 3.8) is 0 Å². The molecule has 1 aromatic carbocycles. The Kier molecular flexibility index (Phi) is 2.13. The molecule has 1 aromatic rings. The maximum atomic E-state index is 3.96. The van der Waals surface area contributed by atoms with Gasteiger partial charge in [-0.25, -0.2) is 0 Å². The first-order valence-electron chi connectivity index (χ1n) is 4.48. The molecular formula is C13H12. The zero-order valence-corrected chi connectivity index (χ0v) is 7.53. The molecule has 0 nitrogen and oxygen atoms in total. The van der Waals surface area contributed by atoms with Crippen molar-refractivity contribution in [1.29, 1.82) is 0 Å². The molecule has 0 amide bonds. The number of hydrogen-bond acceptors (Lipinski definition) is 0. The average molecular weight is 168 g/mol. The molecule has 0 atom stereocenters. The quantitative estimate of drug-likeness (QED) is 0.601. The molecule has 0 aromatic heterocycles. The van der Waals surface area contributed by atoms with Gasteiger partial charge in [-0.15, -0.1) is 0 Å². The number of allylic oxidation sites excluding steroid dienone is 5. The maximum Gasteiger partial charge on any atom is -0.00998 e. The van der Waals surface area contributed by atoms with Gasteiger partial charge in [0.05, 0.1) is 0 Å². The van der Waals surface area contributed by atoms with E-state index in [4.69, 9.17) is 0 Å². The Hall–Kier alpha value is -1.56. The standard InChI is InChI=1S/C13H12/c1-11-6-5-9-13(10-11)12-7-3-2-4-8-12/h2-5,7-10H,1,6H2. The van der Waals surface area contributed by atoms with Crippen LogP contribution in [0.5, 0.6) is 0 Å². The van der Waals surface area contributed by atoms with E-state index in [0.29, 0.717) is 0 Å². The van der Waals surface area contributed by atoms with E-state index in [9.17, 15) is 0 Å². The van der Waals surface area contributed by atoms with Gasteiger partial charge in [-0.2, -0.15) is 0 Å². The van der Waals surface area contributed by atoms with Crippen molar-refractivity contribution in [2.45, 2.75) is 6.42 Å². The van der Waals surface area contributed by atoms with E-state index in [1.54, 1.807) is 0 Å². The molecule has 1 aliphatic rings. The van der Waals surface area contributed by atoms with Crippen molar-refractivity contribution >= 4 is 5.57 Å². The summed E-state index contributed by atoms with van der Waals surface area (Å²) in [6.07, 6.45) is 7.44. The minimum Gasteiger partial charge on any atom is -0.0955 e. The first-order chi connectivity index (χ1) is 6.36. The molecule has 1 aliphatic carbocycles. The van der Waals surface area contributed by atoms with Crippen LogP contribution in [-0.4, -0.2) is 0 Å². The Bertz CT molecular complexity index is 366. The van der Waals surface area contributed by atoms with Gasteiger partial charge in [0.25, 0.3) is 0 Å². The van der Waals surface area contributed by atoms with Crippen LogP contribution in [0.4, 0.5) is 0 Å². The van der Waals surface area contributed by atoms with Crippen molar-refractivity contribution in [2.75, 3.05) is 0 Å². The first kappa shape index (κ1) is 8.06. The molecule has 2 rings (SSSR count). The van der Waals surface area contributed by atoms with Gasteiger partial charge in [0.1, 0.15) is 0 Å². The van der Waals surface area contributed by atoms with Gasteiger partial charge in [-0.1, -0.05) is 60.7 Å². The van der Waals surface area contributed by atoms with E-state index >= 15 is 0 Å². The summed E-state index contributed by atoms with van der Waals surface area (Å²) in [6, 6.07) is 10.4. The lowest BCUT2D eigenvalue weighted by Gasteiger charge is -2.08. The fourth-order valence-electron chi connectivity index (χ4n) is 1.47. The Morgan fingerprint density at radius 3 is 2.54 bits per heavy atom. The van der Waals surface area contributed by atoms with E-state index in [0.717, 1.165) is 6.42 Å². The summed E-state index contributed by atoms with van der Waals surface area (Å²) >= 11 is 0. The number of rotatable bonds is 1. The predicted molar refractivity (Wildman–Crippen MR) is 57.3 cm³/mol. The molecule has 0 saturated carbocycles. The zero-order valence-electron chi connectivity index (χ0n) is 7.53. The van der Waals surface area contributed by atoms with E-state index in [1.165, 1.54) is 16.7 Å². The SMILES string of the molecule is C=C1C=C(c2ccccc2)C=CC1. The van der Waals surface area contributed by atoms with E-state index in [2.05, 4.69) is 49.1 Å². The molecule has 0 aliphatic heterocycles. The summed E-state index contributed by atoms with van der Waals surface area (Å²) in [5, 5.41) is 0. The van der Waals surface area contributed by atoms with Crippen LogP contribution in [0.25, 0.3) is 5.57 Å². The molecule has 0 saturated heterocycles. The van der Waals surface area contributed by atoms with Gasteiger partial charge in [0, 0.05) is 0 Å². The molecule has 13 heavy (non-hydrogen) atoms. The van der Waals surface area contributed by atoms with Gasteiger partial charge >= 0.3 is 0 Å². The van der Waals surface area contributed by atoms with E-state index < -0.39 is 0 Å². The van der Waals surface area contributed by atoms with Crippen LogP contribution in [0.2, 0.25) is 0 Å². The second kappa shape index (κ2) is 3.44. The van der Waals surface area contributed by atoms with Gasteiger partial charge in [-0.05, 0) is 17.6 Å². The summed E-state index contributed by atoms with van der Waals surface area (Å²) in [5.74, 6) is 0. The molecule has 0 radical (unpaired) electrons. The van der Waals surface area contributed by atoms with Crippen molar-refractivity contribution in [3.05, 3.63) is 66.3 Å². The third-order valence-electron chi connectivity index (χ3n) is 2.14. The molecule has 0 bridgehead atoms. The minimum absolute atomic E-state index is 0.982. The average Bonchev–Trinajstić information content (AvgIpc) is 2.19. The van der Waals surface area contributed by atoms with Crippen LogP contribution >= 0.6 is 0 Å². The van der Waals surface area contributed by atoms with E-state index in [-0.39, 0.29) is 0 Å². The van der Waals surface area contributed by atoms with Crippen LogP contribution in [0.15, 0.2) is 60.7 Å². The number of hydrogen-bond donors (Lipinski definition) is 0. The summed E-state index contributed by atoms with van der Waals surface area (Å²) in [4.78, 5) is 0. The van der Waals surface area contributed by atoms with Crippen LogP contribution in [-0.2, 0) is 0 Å². The summed E-state index contributed by atoms with van der Waals surface area (Å²) in [5.41, 5.74) is 3.71. The lowest BCUT2D eigenvalue weighted by atomic mass is 9.97. The van der Waals surface area contributed by atoms with Crippen molar-refractivity contribution in [3.8, 4) is 0 Å². The highest BCUT2D eigenvalue weighted by Gasteiger charge is 2.01. The Morgan fingerprint density at radius 1 is 1.08 bits per heavy atom. The fraction of sp³-hybridized carbons (Fsp3) is 0.0769. The normalized spacial score (nSPS) is 15.7. The van der Waals surface area contributed by atoms with Crippen molar-refractivity contribution in [2.24, 2.45) is 0 Å². The third-order valence-corrected chi connectivity index (χ3v) is 2.14. The highest BCUT2D eigenvalue weighted by Crippen LogP contribution is 2.22. The van der Waals surface area contributed by atoms with E-state index in [1.807, 2.05) is 6.07 Å². The topological polar surface area (TPSA) is 0 Å². The molecule has 0 spiro atoms. The van der Waals surface area contributed by atoms with Crippen LogP contribution in [0.3, 0.4) is 0 Å². The molecule has 0 heterocycles. The van der Waals surface area contributed by atoms with Crippen LogP contribution in [0, 0.1) is 0 Å². The van der Waals surface area contributed by atoms with Crippen molar-refractivity contribution < 1.29 is 0 Å². The van der Waals surface area contributed by atoms with Crippen LogP contribution < -0.4 is 0 Å². The molecule has 0 fully saturated rings. The molecule has 0 heteroatoms. The smallest absolute Gasteiger partial charge is 0.00998 e. The van der Waals surface area contributed by atoms with Crippen LogP contribution in [0.1, 0.15) is 12.0 Å². The second-order valence-corrected chi connectivity index (χ2v) is 3.23. The minimum atomic E-state index is 0.982. The molecule has 64 valence electrons. The lowest BCUT2D eigenvalue weighted by Crippen LogP contribution is -1.86. The Labute approximate surface area is 78.9 Å². The largest absolute Gasteiger partial charge is 0.0955 e. The van der Waals surface area contributed by atoms with Crippen molar-refractivity contribution in [1.82, 2.24) is 0 Å². The highest BCUT2D eigenvalue weighted by molar-refractivity contribution is 5.77. The molecule has 0 unspecified atom stereocenters. The highest BCUT2D eigenvalue weighted by atomic mass is 14.1. The monoisotopic (exact) mass is 168 g/mol. The summed E-state index contributed by atoms with van der Waals surface area (Å²) in [7, 11) is 0. The van der Waals surface area contributed by atoms with Gasteiger partial charge in [0.2, 0.25) is 0 Å². The summed E-state index contributed by atoms with van der Waals surface area (Å²) in [6.45, 7) is 3.96. The predicted octanol–water partition coefficient (Wildman–Crippen LogP) is 3.59. The van der Waals surface area contributed by atoms with Gasteiger partial charge < -0.3 is 0 Å². The fourth-order valence-corrected chi connectivity index (χ4v) is 1.47. The molecular weight excluding hydrogens is 156 g/mol. The molecule has 0 N–H and O–H groups in total. The van der Waals surface area contributed by atoms with Gasteiger partial charge in [0.15, 0.2) is 0 Å². The first-order valence-corrected chi connectivity index (χ1v) is 4.48.